The Morgan fingerprint density at radius 1 is 1.17 bits per heavy atom. The first-order valence-corrected chi connectivity index (χ1v) is 11.1. The topological polar surface area (TPSA) is 69.1 Å². The molecule has 0 radical (unpaired) electrons. The van der Waals surface area contributed by atoms with Crippen LogP contribution in [0.25, 0.3) is 0 Å². The van der Waals surface area contributed by atoms with Gasteiger partial charge in [0.2, 0.25) is 5.95 Å². The molecule has 29 heavy (non-hydrogen) atoms. The SMILES string of the molecule is CCNC(=NCCCN1CCN(c2ncccn2)CC1)N1CCC2(CCOC2)C1. The zero-order chi connectivity index (χ0) is 19.9. The fourth-order valence-corrected chi connectivity index (χ4v) is 4.62. The van der Waals surface area contributed by atoms with Gasteiger partial charge in [0.25, 0.3) is 0 Å². The van der Waals surface area contributed by atoms with Gasteiger partial charge in [-0.1, -0.05) is 0 Å². The Morgan fingerprint density at radius 2 is 2.00 bits per heavy atom. The summed E-state index contributed by atoms with van der Waals surface area (Å²) in [5.41, 5.74) is 0.373. The molecule has 1 aromatic rings. The Morgan fingerprint density at radius 3 is 2.72 bits per heavy atom. The van der Waals surface area contributed by atoms with Crippen LogP contribution in [0.15, 0.2) is 23.5 Å². The van der Waals surface area contributed by atoms with E-state index in [0.717, 1.165) is 90.4 Å². The number of aliphatic imine (C=N–C) groups is 1. The largest absolute Gasteiger partial charge is 0.381 e. The Hall–Kier alpha value is -1.93. The van der Waals surface area contributed by atoms with Crippen LogP contribution in [0.4, 0.5) is 5.95 Å². The van der Waals surface area contributed by atoms with Crippen molar-refractivity contribution in [1.82, 2.24) is 25.1 Å². The molecule has 1 unspecified atom stereocenters. The quantitative estimate of drug-likeness (QED) is 0.434. The lowest BCUT2D eigenvalue weighted by molar-refractivity contribution is 0.156. The molecule has 1 spiro atoms. The second kappa shape index (κ2) is 9.71. The van der Waals surface area contributed by atoms with Crippen molar-refractivity contribution in [3.05, 3.63) is 18.5 Å². The van der Waals surface area contributed by atoms with Gasteiger partial charge in [-0.2, -0.15) is 0 Å². The summed E-state index contributed by atoms with van der Waals surface area (Å²) in [6.07, 6.45) is 7.15. The molecule has 8 heteroatoms. The van der Waals surface area contributed by atoms with Gasteiger partial charge >= 0.3 is 0 Å². The maximum Gasteiger partial charge on any atom is 0.225 e. The van der Waals surface area contributed by atoms with Crippen LogP contribution in [0.3, 0.4) is 0 Å². The molecule has 0 aromatic carbocycles. The van der Waals surface area contributed by atoms with E-state index in [2.05, 4.69) is 36.9 Å². The maximum atomic E-state index is 5.67. The lowest BCUT2D eigenvalue weighted by Gasteiger charge is -2.34. The van der Waals surface area contributed by atoms with Crippen LogP contribution in [0.1, 0.15) is 26.2 Å². The summed E-state index contributed by atoms with van der Waals surface area (Å²) < 4.78 is 5.67. The van der Waals surface area contributed by atoms with E-state index in [1.807, 2.05) is 18.5 Å². The van der Waals surface area contributed by atoms with E-state index in [1.54, 1.807) is 0 Å². The summed E-state index contributed by atoms with van der Waals surface area (Å²) in [7, 11) is 0. The predicted molar refractivity (Wildman–Crippen MR) is 115 cm³/mol. The van der Waals surface area contributed by atoms with E-state index in [4.69, 9.17) is 9.73 Å². The molecule has 0 saturated carbocycles. The molecule has 3 fully saturated rings. The van der Waals surface area contributed by atoms with Gasteiger partial charge < -0.3 is 19.9 Å². The van der Waals surface area contributed by atoms with Crippen molar-refractivity contribution in [2.75, 3.05) is 77.0 Å². The van der Waals surface area contributed by atoms with Crippen LogP contribution in [-0.4, -0.2) is 97.8 Å². The second-order valence-corrected chi connectivity index (χ2v) is 8.44. The summed E-state index contributed by atoms with van der Waals surface area (Å²) in [5, 5.41) is 3.49. The molecule has 1 atom stereocenters. The Bertz CT molecular complexity index is 654. The molecular weight excluding hydrogens is 366 g/mol. The number of nitrogens with zero attached hydrogens (tertiary/aromatic N) is 6. The molecule has 4 heterocycles. The molecule has 160 valence electrons. The minimum absolute atomic E-state index is 0.373. The Labute approximate surface area is 174 Å². The zero-order valence-electron chi connectivity index (χ0n) is 17.7. The molecule has 3 saturated heterocycles. The highest BCUT2D eigenvalue weighted by Crippen LogP contribution is 2.38. The van der Waals surface area contributed by atoms with Gasteiger partial charge in [-0.25, -0.2) is 9.97 Å². The lowest BCUT2D eigenvalue weighted by atomic mass is 9.87. The number of hydrogen-bond donors (Lipinski definition) is 1. The standard InChI is InChI=1S/C21H35N7O/c1-2-22-19(28-11-5-21(17-28)6-16-29-18-21)25-9-4-10-26-12-14-27(15-13-26)20-23-7-3-8-24-20/h3,7-8H,2,4-6,9-18H2,1H3,(H,22,25). The molecular formula is C21H35N7O. The molecule has 0 amide bonds. The van der Waals surface area contributed by atoms with E-state index in [-0.39, 0.29) is 0 Å². The average Bonchev–Trinajstić information content (AvgIpc) is 3.41. The first-order chi connectivity index (χ1) is 14.3. The second-order valence-electron chi connectivity index (χ2n) is 8.44. The van der Waals surface area contributed by atoms with Gasteiger partial charge in [-0.05, 0) is 32.3 Å². The number of anilines is 1. The lowest BCUT2D eigenvalue weighted by Crippen LogP contribution is -2.47. The minimum Gasteiger partial charge on any atom is -0.381 e. The fraction of sp³-hybridized carbons (Fsp3) is 0.762. The highest BCUT2D eigenvalue weighted by molar-refractivity contribution is 5.80. The van der Waals surface area contributed by atoms with Crippen molar-refractivity contribution in [2.24, 2.45) is 10.4 Å². The molecule has 0 aliphatic carbocycles. The maximum absolute atomic E-state index is 5.67. The van der Waals surface area contributed by atoms with Crippen LogP contribution < -0.4 is 10.2 Å². The van der Waals surface area contributed by atoms with Gasteiger partial charge in [-0.15, -0.1) is 0 Å². The molecule has 3 aliphatic heterocycles. The molecule has 1 aromatic heterocycles. The van der Waals surface area contributed by atoms with E-state index < -0.39 is 0 Å². The van der Waals surface area contributed by atoms with E-state index in [0.29, 0.717) is 5.41 Å². The summed E-state index contributed by atoms with van der Waals surface area (Å²) in [4.78, 5) is 20.9. The number of ether oxygens (including phenoxy) is 1. The van der Waals surface area contributed by atoms with Crippen LogP contribution >= 0.6 is 0 Å². The van der Waals surface area contributed by atoms with Crippen molar-refractivity contribution >= 4 is 11.9 Å². The number of likely N-dealkylation sites (tertiary alicyclic amines) is 1. The van der Waals surface area contributed by atoms with Crippen molar-refractivity contribution in [3.63, 3.8) is 0 Å². The number of hydrogen-bond acceptors (Lipinski definition) is 6. The zero-order valence-corrected chi connectivity index (χ0v) is 17.7. The van der Waals surface area contributed by atoms with Gasteiger partial charge in [-0.3, -0.25) is 9.89 Å². The first kappa shape index (κ1) is 20.3. The third kappa shape index (κ3) is 5.17. The molecule has 8 nitrogen and oxygen atoms in total. The van der Waals surface area contributed by atoms with Crippen LogP contribution in [0.2, 0.25) is 0 Å². The number of nitrogens with one attached hydrogen (secondary N) is 1. The molecule has 3 aliphatic rings. The van der Waals surface area contributed by atoms with E-state index in [9.17, 15) is 0 Å². The Kier molecular flexibility index (Phi) is 6.82. The Balaban J connectivity index is 1.20. The normalized spacial score (nSPS) is 25.9. The number of aromatic nitrogens is 2. The van der Waals surface area contributed by atoms with Crippen molar-refractivity contribution in [1.29, 1.82) is 0 Å². The highest BCUT2D eigenvalue weighted by atomic mass is 16.5. The highest BCUT2D eigenvalue weighted by Gasteiger charge is 2.42. The molecule has 1 N–H and O–H groups in total. The summed E-state index contributed by atoms with van der Waals surface area (Å²) in [6.45, 7) is 13.2. The smallest absolute Gasteiger partial charge is 0.225 e. The summed E-state index contributed by atoms with van der Waals surface area (Å²) >= 11 is 0. The van der Waals surface area contributed by atoms with Crippen molar-refractivity contribution in [3.8, 4) is 0 Å². The number of rotatable bonds is 6. The third-order valence-electron chi connectivity index (χ3n) is 6.36. The number of piperazine rings is 1. The summed E-state index contributed by atoms with van der Waals surface area (Å²) in [6, 6.07) is 1.87. The van der Waals surface area contributed by atoms with Gasteiger partial charge in [0, 0.05) is 83.3 Å². The van der Waals surface area contributed by atoms with Gasteiger partial charge in [0.05, 0.1) is 6.61 Å². The van der Waals surface area contributed by atoms with Crippen molar-refractivity contribution in [2.45, 2.75) is 26.2 Å². The van der Waals surface area contributed by atoms with Crippen LogP contribution in [0, 0.1) is 5.41 Å². The minimum atomic E-state index is 0.373. The fourth-order valence-electron chi connectivity index (χ4n) is 4.62. The molecule has 4 rings (SSSR count). The van der Waals surface area contributed by atoms with E-state index in [1.165, 1.54) is 12.8 Å². The molecule has 0 bridgehead atoms. The van der Waals surface area contributed by atoms with Gasteiger partial charge in [0.15, 0.2) is 5.96 Å². The monoisotopic (exact) mass is 401 g/mol. The first-order valence-electron chi connectivity index (χ1n) is 11.1. The number of guanidine groups is 1. The van der Waals surface area contributed by atoms with Crippen LogP contribution in [-0.2, 0) is 4.74 Å². The van der Waals surface area contributed by atoms with Crippen LogP contribution in [0.5, 0.6) is 0 Å². The van der Waals surface area contributed by atoms with Crippen molar-refractivity contribution < 1.29 is 4.74 Å². The average molecular weight is 402 g/mol. The van der Waals surface area contributed by atoms with Gasteiger partial charge in [0.1, 0.15) is 0 Å². The van der Waals surface area contributed by atoms with E-state index >= 15 is 0 Å². The predicted octanol–water partition coefficient (Wildman–Crippen LogP) is 1.07. The third-order valence-corrected chi connectivity index (χ3v) is 6.36. The summed E-state index contributed by atoms with van der Waals surface area (Å²) in [5.74, 6) is 1.94.